The van der Waals surface area contributed by atoms with Crippen molar-refractivity contribution in [3.63, 3.8) is 0 Å². The molecule has 0 saturated carbocycles. The van der Waals surface area contributed by atoms with Gasteiger partial charge in [-0.1, -0.05) is 0 Å². The van der Waals surface area contributed by atoms with Crippen LogP contribution in [-0.4, -0.2) is 26.6 Å². The zero-order valence-electron chi connectivity index (χ0n) is 7.65. The van der Waals surface area contributed by atoms with Crippen molar-refractivity contribution in [1.82, 2.24) is 19.5 Å². The number of aromatic nitrogens is 4. The molecule has 0 aliphatic heterocycles. The summed E-state index contributed by atoms with van der Waals surface area (Å²) in [5.41, 5.74) is 6.75. The van der Waals surface area contributed by atoms with Crippen LogP contribution in [0.2, 0.25) is 0 Å². The standard InChI is InChI=1S/C7H8BrN5O/c1-13-4-3(10-6(13)8)5(14-2)12-7(9)11-4/h1-2H3,(H2,9,11,12). The van der Waals surface area contributed by atoms with E-state index >= 15 is 0 Å². The number of methoxy groups -OCH3 is 1. The summed E-state index contributed by atoms with van der Waals surface area (Å²) >= 11 is 3.28. The largest absolute Gasteiger partial charge is 0.479 e. The van der Waals surface area contributed by atoms with Crippen LogP contribution in [0, 0.1) is 0 Å². The van der Waals surface area contributed by atoms with Crippen molar-refractivity contribution in [2.75, 3.05) is 12.8 Å². The van der Waals surface area contributed by atoms with E-state index in [2.05, 4.69) is 30.9 Å². The molecule has 0 amide bonds. The fourth-order valence-corrected chi connectivity index (χ4v) is 1.51. The third-order valence-electron chi connectivity index (χ3n) is 1.84. The number of nitrogen functional groups attached to an aromatic ring is 1. The summed E-state index contributed by atoms with van der Waals surface area (Å²) < 4.78 is 7.47. The van der Waals surface area contributed by atoms with Gasteiger partial charge in [0.25, 0.3) is 0 Å². The Balaban J connectivity index is 2.87. The van der Waals surface area contributed by atoms with Crippen molar-refractivity contribution < 1.29 is 4.74 Å². The van der Waals surface area contributed by atoms with Gasteiger partial charge >= 0.3 is 0 Å². The highest BCUT2D eigenvalue weighted by molar-refractivity contribution is 9.10. The minimum atomic E-state index is 0.171. The van der Waals surface area contributed by atoms with Gasteiger partial charge in [-0.15, -0.1) is 0 Å². The normalized spacial score (nSPS) is 10.8. The fourth-order valence-electron chi connectivity index (χ4n) is 1.17. The molecular formula is C7H8BrN5O. The molecule has 0 fully saturated rings. The maximum Gasteiger partial charge on any atom is 0.247 e. The van der Waals surface area contributed by atoms with Crippen molar-refractivity contribution in [2.45, 2.75) is 0 Å². The molecule has 0 aromatic carbocycles. The van der Waals surface area contributed by atoms with Gasteiger partial charge in [0.05, 0.1) is 7.11 Å². The zero-order chi connectivity index (χ0) is 10.3. The van der Waals surface area contributed by atoms with E-state index < -0.39 is 0 Å². The minimum Gasteiger partial charge on any atom is -0.479 e. The Bertz CT molecular complexity index is 494. The van der Waals surface area contributed by atoms with E-state index in [4.69, 9.17) is 10.5 Å². The van der Waals surface area contributed by atoms with E-state index in [0.29, 0.717) is 21.8 Å². The monoisotopic (exact) mass is 257 g/mol. The van der Waals surface area contributed by atoms with Crippen molar-refractivity contribution in [2.24, 2.45) is 7.05 Å². The lowest BCUT2D eigenvalue weighted by Crippen LogP contribution is -2.00. The van der Waals surface area contributed by atoms with Gasteiger partial charge in [-0.05, 0) is 15.9 Å². The number of rotatable bonds is 1. The van der Waals surface area contributed by atoms with Gasteiger partial charge in [-0.25, -0.2) is 4.98 Å². The van der Waals surface area contributed by atoms with Gasteiger partial charge in [-0.2, -0.15) is 9.97 Å². The van der Waals surface area contributed by atoms with E-state index in [9.17, 15) is 0 Å². The summed E-state index contributed by atoms with van der Waals surface area (Å²) in [6.07, 6.45) is 0. The van der Waals surface area contributed by atoms with Crippen LogP contribution in [0.3, 0.4) is 0 Å². The zero-order valence-corrected chi connectivity index (χ0v) is 9.24. The van der Waals surface area contributed by atoms with Gasteiger partial charge in [0.1, 0.15) is 0 Å². The van der Waals surface area contributed by atoms with Gasteiger partial charge in [0, 0.05) is 7.05 Å². The molecule has 2 heterocycles. The Morgan fingerprint density at radius 3 is 2.71 bits per heavy atom. The average molecular weight is 258 g/mol. The van der Waals surface area contributed by atoms with E-state index in [1.165, 1.54) is 7.11 Å². The first-order valence-electron chi connectivity index (χ1n) is 3.83. The van der Waals surface area contributed by atoms with Crippen LogP contribution in [0.25, 0.3) is 11.2 Å². The Kier molecular flexibility index (Phi) is 2.03. The number of anilines is 1. The first kappa shape index (κ1) is 9.20. The predicted molar refractivity (Wildman–Crippen MR) is 55.0 cm³/mol. The number of nitrogens with two attached hydrogens (primary N) is 1. The second kappa shape index (κ2) is 3.09. The number of fused-ring (bicyclic) bond motifs is 1. The molecule has 2 aromatic heterocycles. The molecule has 0 saturated heterocycles. The van der Waals surface area contributed by atoms with E-state index in [1.54, 1.807) is 4.57 Å². The highest BCUT2D eigenvalue weighted by Crippen LogP contribution is 2.24. The third kappa shape index (κ3) is 1.20. The number of nitrogens with zero attached hydrogens (tertiary/aromatic N) is 4. The quantitative estimate of drug-likeness (QED) is 0.762. The molecular weight excluding hydrogens is 250 g/mol. The summed E-state index contributed by atoms with van der Waals surface area (Å²) in [5.74, 6) is 0.554. The van der Waals surface area contributed by atoms with Gasteiger partial charge < -0.3 is 15.0 Å². The molecule has 6 nitrogen and oxygen atoms in total. The topological polar surface area (TPSA) is 78.8 Å². The van der Waals surface area contributed by atoms with E-state index in [-0.39, 0.29) is 5.95 Å². The molecule has 74 valence electrons. The lowest BCUT2D eigenvalue weighted by molar-refractivity contribution is 0.402. The van der Waals surface area contributed by atoms with Crippen LogP contribution in [-0.2, 0) is 7.05 Å². The number of hydrogen-bond acceptors (Lipinski definition) is 5. The molecule has 0 aliphatic rings. The van der Waals surface area contributed by atoms with Crippen molar-refractivity contribution in [1.29, 1.82) is 0 Å². The van der Waals surface area contributed by atoms with Crippen LogP contribution in [0.15, 0.2) is 4.73 Å². The molecule has 0 atom stereocenters. The smallest absolute Gasteiger partial charge is 0.247 e. The van der Waals surface area contributed by atoms with Crippen LogP contribution in [0.4, 0.5) is 5.95 Å². The Labute approximate surface area is 88.2 Å². The Morgan fingerprint density at radius 1 is 1.36 bits per heavy atom. The number of hydrogen-bond donors (Lipinski definition) is 1. The second-order valence-corrected chi connectivity index (χ2v) is 3.41. The Hall–Kier alpha value is -1.37. The lowest BCUT2D eigenvalue weighted by Gasteiger charge is -2.00. The van der Waals surface area contributed by atoms with Crippen LogP contribution in [0.1, 0.15) is 0 Å². The minimum absolute atomic E-state index is 0.171. The summed E-state index contributed by atoms with van der Waals surface area (Å²) in [5, 5.41) is 0. The van der Waals surface area contributed by atoms with E-state index in [0.717, 1.165) is 0 Å². The van der Waals surface area contributed by atoms with Crippen LogP contribution < -0.4 is 10.5 Å². The SMILES string of the molecule is COc1nc(N)nc2c1nc(Br)n2C. The first-order chi connectivity index (χ1) is 6.63. The van der Waals surface area contributed by atoms with Gasteiger partial charge in [0.15, 0.2) is 15.9 Å². The van der Waals surface area contributed by atoms with E-state index in [1.807, 2.05) is 7.05 Å². The van der Waals surface area contributed by atoms with Crippen molar-refractivity contribution >= 4 is 33.0 Å². The molecule has 2 N–H and O–H groups in total. The van der Waals surface area contributed by atoms with Crippen LogP contribution >= 0.6 is 15.9 Å². The van der Waals surface area contributed by atoms with Crippen LogP contribution in [0.5, 0.6) is 5.88 Å². The molecule has 0 radical (unpaired) electrons. The molecule has 0 unspecified atom stereocenters. The predicted octanol–water partition coefficient (Wildman–Crippen LogP) is 0.717. The summed E-state index contributed by atoms with van der Waals surface area (Å²) in [4.78, 5) is 12.2. The fraction of sp³-hybridized carbons (Fsp3) is 0.286. The lowest BCUT2D eigenvalue weighted by atomic mass is 10.5. The summed E-state index contributed by atoms with van der Waals surface area (Å²) in [6, 6.07) is 0. The second-order valence-electron chi connectivity index (χ2n) is 2.70. The first-order valence-corrected chi connectivity index (χ1v) is 4.62. The maximum absolute atomic E-state index is 5.52. The number of ether oxygens (including phenoxy) is 1. The van der Waals surface area contributed by atoms with Crippen molar-refractivity contribution in [3.8, 4) is 5.88 Å². The number of aryl methyl sites for hydroxylation is 1. The van der Waals surface area contributed by atoms with Crippen molar-refractivity contribution in [3.05, 3.63) is 4.73 Å². The maximum atomic E-state index is 5.52. The highest BCUT2D eigenvalue weighted by Gasteiger charge is 2.13. The molecule has 0 aliphatic carbocycles. The number of halogens is 1. The average Bonchev–Trinajstić information content (AvgIpc) is 2.43. The summed E-state index contributed by atoms with van der Waals surface area (Å²) in [6.45, 7) is 0. The molecule has 2 aromatic rings. The van der Waals surface area contributed by atoms with Gasteiger partial charge in [-0.3, -0.25) is 0 Å². The number of imidazole rings is 1. The molecule has 0 spiro atoms. The summed E-state index contributed by atoms with van der Waals surface area (Å²) in [7, 11) is 3.34. The molecule has 2 rings (SSSR count). The molecule has 7 heteroatoms. The molecule has 14 heavy (non-hydrogen) atoms. The third-order valence-corrected chi connectivity index (χ3v) is 2.55. The Morgan fingerprint density at radius 2 is 2.07 bits per heavy atom. The van der Waals surface area contributed by atoms with Gasteiger partial charge in [0.2, 0.25) is 11.8 Å². The molecule has 0 bridgehead atoms. The highest BCUT2D eigenvalue weighted by atomic mass is 79.9.